The number of aliphatic imine (C=N–C) groups is 1. The highest BCUT2D eigenvalue weighted by Gasteiger charge is 2.31. The van der Waals surface area contributed by atoms with Crippen LogP contribution in [0.3, 0.4) is 0 Å². The lowest BCUT2D eigenvalue weighted by Crippen LogP contribution is -2.37. The number of carbonyl (C=O) groups excluding carboxylic acids is 1. The first-order chi connectivity index (χ1) is 13.5. The van der Waals surface area contributed by atoms with Crippen molar-refractivity contribution in [3.05, 3.63) is 59.1 Å². The summed E-state index contributed by atoms with van der Waals surface area (Å²) in [5, 5.41) is 6.32. The van der Waals surface area contributed by atoms with Gasteiger partial charge in [-0.1, -0.05) is 0 Å². The maximum absolute atomic E-state index is 12.4. The van der Waals surface area contributed by atoms with E-state index in [-0.39, 0.29) is 11.9 Å². The van der Waals surface area contributed by atoms with Crippen molar-refractivity contribution >= 4 is 17.6 Å². The quantitative estimate of drug-likeness (QED) is 0.860. The summed E-state index contributed by atoms with van der Waals surface area (Å²) in [5.41, 5.74) is 5.03. The van der Waals surface area contributed by atoms with Gasteiger partial charge < -0.3 is 24.8 Å². The molecule has 1 aromatic heterocycles. The van der Waals surface area contributed by atoms with Crippen molar-refractivity contribution in [3.8, 4) is 5.75 Å². The molecule has 2 aliphatic heterocycles. The minimum atomic E-state index is 0.00384. The topological polar surface area (TPSA) is 70.9 Å². The van der Waals surface area contributed by atoms with Crippen molar-refractivity contribution in [1.29, 1.82) is 0 Å². The van der Waals surface area contributed by atoms with E-state index in [1.165, 1.54) is 0 Å². The lowest BCUT2D eigenvalue weighted by Gasteiger charge is -2.32. The molecular weight excluding hydrogens is 354 g/mol. The van der Waals surface area contributed by atoms with Crippen LogP contribution in [0, 0.1) is 13.8 Å². The van der Waals surface area contributed by atoms with E-state index in [9.17, 15) is 4.79 Å². The minimum absolute atomic E-state index is 0.00384. The molecular formula is C21H25N5O2. The molecule has 1 amide bonds. The van der Waals surface area contributed by atoms with Gasteiger partial charge in [0, 0.05) is 43.3 Å². The Hall–Kier alpha value is -3.22. The first-order valence-corrected chi connectivity index (χ1v) is 9.37. The van der Waals surface area contributed by atoms with Crippen LogP contribution in [0.25, 0.3) is 0 Å². The van der Waals surface area contributed by atoms with Gasteiger partial charge in [-0.2, -0.15) is 0 Å². The number of amides is 1. The number of likely N-dealkylation sites (N-methyl/N-ethyl adjacent to an activating group) is 1. The number of nitrogens with zero attached hydrogens (tertiary/aromatic N) is 3. The van der Waals surface area contributed by atoms with Crippen LogP contribution in [-0.4, -0.2) is 42.0 Å². The fourth-order valence-electron chi connectivity index (χ4n) is 4.05. The van der Waals surface area contributed by atoms with Crippen LogP contribution in [-0.2, 0) is 6.54 Å². The molecule has 3 heterocycles. The van der Waals surface area contributed by atoms with Gasteiger partial charge in [-0.05, 0) is 49.8 Å². The molecule has 2 aromatic rings. The fraction of sp³-hybridized carbons (Fsp3) is 0.333. The Morgan fingerprint density at radius 2 is 2.00 bits per heavy atom. The number of hydrogen-bond donors (Lipinski definition) is 2. The number of benzene rings is 1. The van der Waals surface area contributed by atoms with E-state index in [0.29, 0.717) is 6.54 Å². The van der Waals surface area contributed by atoms with Gasteiger partial charge in [0.15, 0.2) is 0 Å². The maximum atomic E-state index is 12.4. The molecule has 0 bridgehead atoms. The summed E-state index contributed by atoms with van der Waals surface area (Å²) in [4.78, 5) is 19.0. The third-order valence-electron chi connectivity index (χ3n) is 5.52. The van der Waals surface area contributed by atoms with Gasteiger partial charge >= 0.3 is 0 Å². The lowest BCUT2D eigenvalue weighted by molar-refractivity contribution is 0.0926. The first kappa shape index (κ1) is 18.2. The zero-order chi connectivity index (χ0) is 19.8. The first-order valence-electron chi connectivity index (χ1n) is 9.37. The molecule has 2 N–H and O–H groups in total. The normalized spacial score (nSPS) is 18.4. The molecule has 2 aliphatic rings. The van der Waals surface area contributed by atoms with Crippen molar-refractivity contribution < 1.29 is 9.53 Å². The van der Waals surface area contributed by atoms with Gasteiger partial charge in [-0.15, -0.1) is 0 Å². The summed E-state index contributed by atoms with van der Waals surface area (Å²) < 4.78 is 7.35. The second kappa shape index (κ2) is 7.07. The van der Waals surface area contributed by atoms with E-state index in [1.54, 1.807) is 7.11 Å². The number of carbonyl (C=O) groups is 1. The fourth-order valence-corrected chi connectivity index (χ4v) is 4.05. The second-order valence-corrected chi connectivity index (χ2v) is 7.08. The number of aromatic nitrogens is 1. The predicted octanol–water partition coefficient (Wildman–Crippen LogP) is 2.83. The molecule has 0 aliphatic carbocycles. The van der Waals surface area contributed by atoms with Gasteiger partial charge in [0.1, 0.15) is 11.4 Å². The van der Waals surface area contributed by atoms with Crippen molar-refractivity contribution in [2.45, 2.75) is 26.4 Å². The highest BCUT2D eigenvalue weighted by Crippen LogP contribution is 2.34. The van der Waals surface area contributed by atoms with E-state index in [0.717, 1.165) is 46.5 Å². The molecule has 0 fully saturated rings. The van der Waals surface area contributed by atoms with E-state index in [2.05, 4.69) is 38.1 Å². The van der Waals surface area contributed by atoms with Gasteiger partial charge in [0.05, 0.1) is 13.2 Å². The summed E-state index contributed by atoms with van der Waals surface area (Å²) in [7, 11) is 3.67. The highest BCUT2D eigenvalue weighted by atomic mass is 16.5. The number of nitrogens with one attached hydrogen (secondary N) is 2. The van der Waals surface area contributed by atoms with Gasteiger partial charge in [0.25, 0.3) is 5.91 Å². The van der Waals surface area contributed by atoms with Crippen molar-refractivity contribution in [2.24, 2.45) is 4.99 Å². The molecule has 7 nitrogen and oxygen atoms in total. The number of fused-ring (bicyclic) bond motifs is 1. The molecule has 28 heavy (non-hydrogen) atoms. The van der Waals surface area contributed by atoms with Crippen molar-refractivity contribution in [3.63, 3.8) is 0 Å². The molecule has 7 heteroatoms. The Morgan fingerprint density at radius 3 is 2.68 bits per heavy atom. The summed E-state index contributed by atoms with van der Waals surface area (Å²) in [6, 6.07) is 7.74. The molecule has 146 valence electrons. The molecule has 1 aromatic carbocycles. The Kier molecular flexibility index (Phi) is 4.58. The molecule has 0 saturated carbocycles. The van der Waals surface area contributed by atoms with Gasteiger partial charge in [-0.3, -0.25) is 4.79 Å². The minimum Gasteiger partial charge on any atom is -0.497 e. The standard InChI is InChI=1S/C21H25N5O2/c1-13-18(14(2)26-12-11-22-20(27)19(13)26)17-9-10-23-21(25(17)3)24-15-5-7-16(28-4)8-6-15/h5-10,17H,11-12H2,1-4H3,(H,22,27)(H,23,24). The number of hydrogen-bond acceptors (Lipinski definition) is 5. The number of rotatable bonds is 3. The number of methoxy groups -OCH3 is 1. The Bertz CT molecular complexity index is 972. The average molecular weight is 379 g/mol. The van der Waals surface area contributed by atoms with E-state index >= 15 is 0 Å². The Labute approximate surface area is 164 Å². The second-order valence-electron chi connectivity index (χ2n) is 7.08. The van der Waals surface area contributed by atoms with Crippen LogP contribution < -0.4 is 15.4 Å². The Balaban J connectivity index is 1.63. The van der Waals surface area contributed by atoms with Gasteiger partial charge in [-0.25, -0.2) is 4.99 Å². The van der Waals surface area contributed by atoms with Crippen LogP contribution in [0.1, 0.15) is 33.4 Å². The predicted molar refractivity (Wildman–Crippen MR) is 110 cm³/mol. The van der Waals surface area contributed by atoms with Crippen LogP contribution in [0.5, 0.6) is 5.75 Å². The van der Waals surface area contributed by atoms with Gasteiger partial charge in [0.2, 0.25) is 5.96 Å². The summed E-state index contributed by atoms with van der Waals surface area (Å²) >= 11 is 0. The van der Waals surface area contributed by atoms with Crippen LogP contribution in [0.4, 0.5) is 5.69 Å². The highest BCUT2D eigenvalue weighted by molar-refractivity contribution is 5.97. The van der Waals surface area contributed by atoms with Crippen LogP contribution >= 0.6 is 0 Å². The maximum Gasteiger partial charge on any atom is 0.268 e. The number of ether oxygens (including phenoxy) is 1. The monoisotopic (exact) mass is 379 g/mol. The van der Waals surface area contributed by atoms with Crippen LogP contribution in [0.15, 0.2) is 41.5 Å². The molecule has 4 rings (SSSR count). The third kappa shape index (κ3) is 2.93. The third-order valence-corrected chi connectivity index (χ3v) is 5.52. The smallest absolute Gasteiger partial charge is 0.268 e. The molecule has 0 saturated heterocycles. The van der Waals surface area contributed by atoms with Crippen molar-refractivity contribution in [1.82, 2.24) is 14.8 Å². The SMILES string of the molecule is COc1ccc(NC2=NC=CC(c3c(C)c4n(c3C)CCNC4=O)N2C)cc1. The Morgan fingerprint density at radius 1 is 1.25 bits per heavy atom. The zero-order valence-corrected chi connectivity index (χ0v) is 16.6. The summed E-state index contributed by atoms with van der Waals surface area (Å²) in [5.74, 6) is 1.57. The lowest BCUT2D eigenvalue weighted by atomic mass is 10.00. The molecule has 0 spiro atoms. The largest absolute Gasteiger partial charge is 0.497 e. The average Bonchev–Trinajstić information content (AvgIpc) is 2.96. The van der Waals surface area contributed by atoms with Crippen molar-refractivity contribution in [2.75, 3.05) is 26.0 Å². The van der Waals surface area contributed by atoms with E-state index in [1.807, 2.05) is 44.4 Å². The van der Waals surface area contributed by atoms with Crippen LogP contribution in [0.2, 0.25) is 0 Å². The summed E-state index contributed by atoms with van der Waals surface area (Å²) in [6.07, 6.45) is 3.89. The summed E-state index contributed by atoms with van der Waals surface area (Å²) in [6.45, 7) is 5.60. The molecule has 0 radical (unpaired) electrons. The van der Waals surface area contributed by atoms with E-state index < -0.39 is 0 Å². The molecule has 1 unspecified atom stereocenters. The van der Waals surface area contributed by atoms with E-state index in [4.69, 9.17) is 4.74 Å². The molecule has 1 atom stereocenters. The number of anilines is 1. The zero-order valence-electron chi connectivity index (χ0n) is 16.6. The number of guanidine groups is 1.